The number of carbonyl (C=O) groups excluding carboxylic acids is 1. The first-order chi connectivity index (χ1) is 14.2. The molecule has 4 rings (SSSR count). The summed E-state index contributed by atoms with van der Waals surface area (Å²) in [7, 11) is 0. The third-order valence-corrected chi connectivity index (χ3v) is 4.34. The highest BCUT2D eigenvalue weighted by atomic mass is 16.5. The van der Waals surface area contributed by atoms with Gasteiger partial charge in [-0.05, 0) is 5.56 Å². The number of hydrazone groups is 1. The first kappa shape index (κ1) is 18.2. The van der Waals surface area contributed by atoms with Crippen molar-refractivity contribution in [1.82, 2.24) is 10.6 Å². The average Bonchev–Trinajstić information content (AvgIpc) is 3.20. The molecule has 3 aromatic carbocycles. The molecule has 0 aliphatic carbocycles. The molecule has 0 aliphatic heterocycles. The topological polar surface area (TPSA) is 93.5 Å². The molecule has 0 aliphatic rings. The maximum absolute atomic E-state index is 11.3. The number of nitrogens with two attached hydrogens (primary N) is 1. The summed E-state index contributed by atoms with van der Waals surface area (Å²) in [6.45, 7) is 0. The summed E-state index contributed by atoms with van der Waals surface area (Å²) in [5, 5.41) is 8.55. The molecule has 3 N–H and O–H groups in total. The van der Waals surface area contributed by atoms with Gasteiger partial charge in [0.15, 0.2) is 5.76 Å². The number of nitrogens with one attached hydrogen (secondary N) is 1. The van der Waals surface area contributed by atoms with Crippen molar-refractivity contribution in [3.8, 4) is 22.4 Å². The van der Waals surface area contributed by atoms with Gasteiger partial charge in [-0.15, -0.1) is 0 Å². The molecule has 2 amide bonds. The minimum atomic E-state index is -0.762. The number of carbonyl (C=O) groups is 1. The summed E-state index contributed by atoms with van der Waals surface area (Å²) >= 11 is 0. The Morgan fingerprint density at radius 3 is 1.97 bits per heavy atom. The fourth-order valence-corrected chi connectivity index (χ4v) is 3.07. The fraction of sp³-hybridized carbons (Fsp3) is 0. The summed E-state index contributed by atoms with van der Waals surface area (Å²) in [6.07, 6.45) is 0. The zero-order valence-electron chi connectivity index (χ0n) is 15.4. The van der Waals surface area contributed by atoms with Gasteiger partial charge in [-0.1, -0.05) is 96.2 Å². The molecule has 4 aromatic rings. The van der Waals surface area contributed by atoms with Crippen LogP contribution in [0, 0.1) is 0 Å². The molecule has 0 radical (unpaired) electrons. The van der Waals surface area contributed by atoms with Crippen LogP contribution in [0.2, 0.25) is 0 Å². The largest absolute Gasteiger partial charge is 0.353 e. The molecule has 0 atom stereocenters. The molecular formula is C23H18N4O2. The first-order valence-electron chi connectivity index (χ1n) is 9.03. The lowest BCUT2D eigenvalue weighted by atomic mass is 9.95. The second kappa shape index (κ2) is 8.22. The van der Waals surface area contributed by atoms with Crippen LogP contribution in [0.4, 0.5) is 4.79 Å². The van der Waals surface area contributed by atoms with E-state index < -0.39 is 6.03 Å². The number of primary amides is 1. The number of hydrogen-bond acceptors (Lipinski definition) is 4. The smallest absolute Gasteiger partial charge is 0.332 e. The van der Waals surface area contributed by atoms with Crippen LogP contribution in [0.3, 0.4) is 0 Å². The van der Waals surface area contributed by atoms with Crippen LogP contribution in [0.1, 0.15) is 11.3 Å². The van der Waals surface area contributed by atoms with Gasteiger partial charge >= 0.3 is 6.03 Å². The summed E-state index contributed by atoms with van der Waals surface area (Å²) in [6, 6.07) is 28.2. The van der Waals surface area contributed by atoms with Gasteiger partial charge in [0.05, 0.1) is 5.56 Å². The van der Waals surface area contributed by atoms with Crippen LogP contribution >= 0.6 is 0 Å². The number of aromatic nitrogens is 1. The lowest BCUT2D eigenvalue weighted by molar-refractivity contribution is 0.249. The fourth-order valence-electron chi connectivity index (χ4n) is 3.07. The lowest BCUT2D eigenvalue weighted by Gasteiger charge is -2.08. The molecule has 142 valence electrons. The Labute approximate surface area is 167 Å². The summed E-state index contributed by atoms with van der Waals surface area (Å²) in [4.78, 5) is 11.3. The number of nitrogens with zero attached hydrogens (tertiary/aromatic N) is 2. The Morgan fingerprint density at radius 2 is 1.38 bits per heavy atom. The predicted molar refractivity (Wildman–Crippen MR) is 112 cm³/mol. The molecule has 6 heteroatoms. The third-order valence-electron chi connectivity index (χ3n) is 4.34. The van der Waals surface area contributed by atoms with Crippen molar-refractivity contribution >= 4 is 11.7 Å². The molecule has 0 saturated heterocycles. The van der Waals surface area contributed by atoms with Gasteiger partial charge < -0.3 is 10.3 Å². The van der Waals surface area contributed by atoms with E-state index in [9.17, 15) is 4.79 Å². The highest BCUT2D eigenvalue weighted by Gasteiger charge is 2.24. The van der Waals surface area contributed by atoms with Crippen LogP contribution in [-0.4, -0.2) is 16.9 Å². The molecule has 1 aromatic heterocycles. The molecule has 0 unspecified atom stereocenters. The van der Waals surface area contributed by atoms with E-state index in [0.717, 1.165) is 22.3 Å². The second-order valence-corrected chi connectivity index (χ2v) is 6.27. The molecule has 0 saturated carbocycles. The Bertz CT molecular complexity index is 1140. The number of urea groups is 1. The van der Waals surface area contributed by atoms with Gasteiger partial charge in [0.2, 0.25) is 0 Å². The maximum atomic E-state index is 11.3. The number of hydrogen-bond donors (Lipinski definition) is 2. The number of amides is 2. The van der Waals surface area contributed by atoms with E-state index in [1.807, 2.05) is 91.0 Å². The van der Waals surface area contributed by atoms with Crippen LogP contribution in [0.25, 0.3) is 22.4 Å². The van der Waals surface area contributed by atoms with Crippen molar-refractivity contribution in [2.45, 2.75) is 0 Å². The molecule has 0 fully saturated rings. The van der Waals surface area contributed by atoms with Crippen molar-refractivity contribution in [3.63, 3.8) is 0 Å². The Balaban J connectivity index is 1.96. The van der Waals surface area contributed by atoms with Crippen molar-refractivity contribution < 1.29 is 9.32 Å². The third kappa shape index (κ3) is 3.91. The van der Waals surface area contributed by atoms with E-state index in [0.29, 0.717) is 17.2 Å². The van der Waals surface area contributed by atoms with Gasteiger partial charge in [-0.3, -0.25) is 0 Å². The van der Waals surface area contributed by atoms with Crippen LogP contribution in [0.15, 0.2) is 101 Å². The minimum absolute atomic E-state index is 0.429. The maximum Gasteiger partial charge on any atom is 0.332 e. The highest BCUT2D eigenvalue weighted by Crippen LogP contribution is 2.35. The van der Waals surface area contributed by atoms with E-state index in [1.54, 1.807) is 0 Å². The van der Waals surface area contributed by atoms with Gasteiger partial charge in [-0.25, -0.2) is 10.2 Å². The molecular weight excluding hydrogens is 364 g/mol. The van der Waals surface area contributed by atoms with Crippen LogP contribution in [-0.2, 0) is 0 Å². The van der Waals surface area contributed by atoms with Gasteiger partial charge in [0.25, 0.3) is 0 Å². The second-order valence-electron chi connectivity index (χ2n) is 6.27. The van der Waals surface area contributed by atoms with E-state index in [2.05, 4.69) is 15.7 Å². The average molecular weight is 382 g/mol. The first-order valence-corrected chi connectivity index (χ1v) is 9.03. The Kier molecular flexibility index (Phi) is 5.16. The molecule has 29 heavy (non-hydrogen) atoms. The summed E-state index contributed by atoms with van der Waals surface area (Å²) < 4.78 is 5.78. The SMILES string of the molecule is NC(=O)N/N=C(\c1ccccc1)c1onc(-c2ccccc2)c1-c1ccccc1. The monoisotopic (exact) mass is 382 g/mol. The van der Waals surface area contributed by atoms with E-state index in [4.69, 9.17) is 10.3 Å². The van der Waals surface area contributed by atoms with E-state index >= 15 is 0 Å². The molecule has 0 bridgehead atoms. The van der Waals surface area contributed by atoms with Crippen molar-refractivity contribution in [1.29, 1.82) is 0 Å². The van der Waals surface area contributed by atoms with Crippen molar-refractivity contribution in [2.75, 3.05) is 0 Å². The number of benzene rings is 3. The summed E-state index contributed by atoms with van der Waals surface area (Å²) in [5.41, 5.74) is 12.0. The normalized spacial score (nSPS) is 11.2. The van der Waals surface area contributed by atoms with Crippen molar-refractivity contribution in [3.05, 3.63) is 102 Å². The van der Waals surface area contributed by atoms with Gasteiger partial charge in [0, 0.05) is 11.1 Å². The van der Waals surface area contributed by atoms with Crippen LogP contribution < -0.4 is 11.2 Å². The highest BCUT2D eigenvalue weighted by molar-refractivity contribution is 6.15. The number of rotatable bonds is 5. The molecule has 1 heterocycles. The zero-order valence-corrected chi connectivity index (χ0v) is 15.4. The minimum Gasteiger partial charge on any atom is -0.353 e. The predicted octanol–water partition coefficient (Wildman–Crippen LogP) is 4.43. The standard InChI is InChI=1S/C23H18N4O2/c24-23(28)26-25-21(18-14-8-3-9-15-18)22-19(16-10-4-1-5-11-16)20(27-29-22)17-12-6-2-7-13-17/h1-15H,(H3,24,26,28)/b25-21+. The van der Waals surface area contributed by atoms with E-state index in [1.165, 1.54) is 0 Å². The zero-order chi connectivity index (χ0) is 20.1. The van der Waals surface area contributed by atoms with E-state index in [-0.39, 0.29) is 0 Å². The van der Waals surface area contributed by atoms with Gasteiger partial charge in [-0.2, -0.15) is 5.10 Å². The lowest BCUT2D eigenvalue weighted by Crippen LogP contribution is -2.26. The van der Waals surface area contributed by atoms with Crippen LogP contribution in [0.5, 0.6) is 0 Å². The van der Waals surface area contributed by atoms with Crippen molar-refractivity contribution in [2.24, 2.45) is 10.8 Å². The molecule has 6 nitrogen and oxygen atoms in total. The Hall–Kier alpha value is -4.19. The molecule has 0 spiro atoms. The quantitative estimate of drug-likeness (QED) is 0.395. The van der Waals surface area contributed by atoms with Gasteiger partial charge in [0.1, 0.15) is 11.4 Å². The Morgan fingerprint density at radius 1 is 0.828 bits per heavy atom. The summed E-state index contributed by atoms with van der Waals surface area (Å²) in [5.74, 6) is 0.440.